The summed E-state index contributed by atoms with van der Waals surface area (Å²) in [6.45, 7) is 4.63. The number of aromatic nitrogens is 2. The van der Waals surface area contributed by atoms with Crippen molar-refractivity contribution in [3.63, 3.8) is 0 Å². The molecule has 0 amide bonds. The molecular formula is C20H22N2O. The molecule has 1 aromatic heterocycles. The van der Waals surface area contributed by atoms with Gasteiger partial charge in [-0.05, 0) is 18.1 Å². The third-order valence-corrected chi connectivity index (χ3v) is 4.27. The summed E-state index contributed by atoms with van der Waals surface area (Å²) in [5, 5.41) is 11.2. The van der Waals surface area contributed by atoms with Crippen LogP contribution in [-0.4, -0.2) is 14.7 Å². The lowest BCUT2D eigenvalue weighted by molar-refractivity contribution is 0.0932. The molecule has 3 aromatic rings. The second kappa shape index (κ2) is 6.39. The van der Waals surface area contributed by atoms with Crippen LogP contribution >= 0.6 is 0 Å². The molecule has 3 rings (SSSR count). The van der Waals surface area contributed by atoms with E-state index in [2.05, 4.69) is 28.6 Å². The van der Waals surface area contributed by atoms with Crippen LogP contribution < -0.4 is 0 Å². The molecule has 1 atom stereocenters. The average Bonchev–Trinajstić information content (AvgIpc) is 3.00. The van der Waals surface area contributed by atoms with Crippen LogP contribution in [0.25, 0.3) is 0 Å². The standard InChI is InChI=1S/C20H22N2O/c1-3-19-21-14-18(20(2,23)17-12-8-5-9-13-17)22(19)15-16-10-6-4-7-11-16/h4-14,23H,3,15H2,1-2H3/t20-/m1/s1. The van der Waals surface area contributed by atoms with E-state index in [4.69, 9.17) is 0 Å². The summed E-state index contributed by atoms with van der Waals surface area (Å²) in [5.74, 6) is 0.986. The fourth-order valence-corrected chi connectivity index (χ4v) is 2.94. The minimum absolute atomic E-state index is 0.711. The number of hydrogen-bond acceptors (Lipinski definition) is 2. The Kier molecular flexibility index (Phi) is 4.30. The van der Waals surface area contributed by atoms with Gasteiger partial charge in [-0.15, -0.1) is 0 Å². The average molecular weight is 306 g/mol. The van der Waals surface area contributed by atoms with E-state index in [1.165, 1.54) is 5.56 Å². The van der Waals surface area contributed by atoms with Crippen LogP contribution in [0.2, 0.25) is 0 Å². The van der Waals surface area contributed by atoms with Crippen LogP contribution in [0.5, 0.6) is 0 Å². The Morgan fingerprint density at radius 3 is 2.22 bits per heavy atom. The van der Waals surface area contributed by atoms with Crippen LogP contribution in [0.4, 0.5) is 0 Å². The fourth-order valence-electron chi connectivity index (χ4n) is 2.94. The zero-order valence-corrected chi connectivity index (χ0v) is 13.6. The summed E-state index contributed by atoms with van der Waals surface area (Å²) in [5.41, 5.74) is 1.82. The third kappa shape index (κ3) is 3.06. The zero-order chi connectivity index (χ0) is 16.3. The zero-order valence-electron chi connectivity index (χ0n) is 13.6. The molecule has 1 heterocycles. The first kappa shape index (κ1) is 15.5. The van der Waals surface area contributed by atoms with Gasteiger partial charge in [0.05, 0.1) is 11.9 Å². The van der Waals surface area contributed by atoms with E-state index in [0.717, 1.165) is 23.5 Å². The Balaban J connectivity index is 2.05. The van der Waals surface area contributed by atoms with Crippen LogP contribution in [0.15, 0.2) is 66.9 Å². The molecule has 1 N–H and O–H groups in total. The molecule has 0 aliphatic rings. The van der Waals surface area contributed by atoms with Gasteiger partial charge in [0.1, 0.15) is 11.4 Å². The van der Waals surface area contributed by atoms with Crippen molar-refractivity contribution in [2.24, 2.45) is 0 Å². The van der Waals surface area contributed by atoms with Crippen LogP contribution in [0, 0.1) is 0 Å². The Labute approximate surface area is 137 Å². The number of benzene rings is 2. The van der Waals surface area contributed by atoms with E-state index in [1.54, 1.807) is 6.20 Å². The lowest BCUT2D eigenvalue weighted by Gasteiger charge is -2.26. The molecule has 0 radical (unpaired) electrons. The van der Waals surface area contributed by atoms with Gasteiger partial charge in [-0.25, -0.2) is 4.98 Å². The summed E-state index contributed by atoms with van der Waals surface area (Å²) in [4.78, 5) is 4.53. The van der Waals surface area contributed by atoms with Crippen LogP contribution in [0.1, 0.15) is 36.5 Å². The van der Waals surface area contributed by atoms with Gasteiger partial charge in [0.2, 0.25) is 0 Å². The van der Waals surface area contributed by atoms with Gasteiger partial charge in [-0.2, -0.15) is 0 Å². The normalized spacial score (nSPS) is 13.7. The Hall–Kier alpha value is -2.39. The number of rotatable bonds is 5. The van der Waals surface area contributed by atoms with Crippen molar-refractivity contribution in [1.82, 2.24) is 9.55 Å². The molecule has 0 bridgehead atoms. The van der Waals surface area contributed by atoms with Gasteiger partial charge >= 0.3 is 0 Å². The largest absolute Gasteiger partial charge is 0.379 e. The minimum atomic E-state index is -1.07. The summed E-state index contributed by atoms with van der Waals surface area (Å²) < 4.78 is 2.13. The van der Waals surface area contributed by atoms with Gasteiger partial charge in [-0.3, -0.25) is 0 Å². The molecule has 0 unspecified atom stereocenters. The molecule has 0 fully saturated rings. The maximum absolute atomic E-state index is 11.2. The summed E-state index contributed by atoms with van der Waals surface area (Å²) in [6.07, 6.45) is 2.63. The molecule has 3 heteroatoms. The first-order valence-corrected chi connectivity index (χ1v) is 7.99. The molecule has 0 saturated carbocycles. The maximum Gasteiger partial charge on any atom is 0.128 e. The maximum atomic E-state index is 11.2. The van der Waals surface area contributed by atoms with Gasteiger partial charge in [0.25, 0.3) is 0 Å². The highest BCUT2D eigenvalue weighted by molar-refractivity contribution is 5.32. The van der Waals surface area contributed by atoms with E-state index in [1.807, 2.05) is 55.5 Å². The lowest BCUT2D eigenvalue weighted by Crippen LogP contribution is -2.27. The minimum Gasteiger partial charge on any atom is -0.379 e. The highest BCUT2D eigenvalue weighted by Crippen LogP contribution is 2.30. The van der Waals surface area contributed by atoms with E-state index in [0.29, 0.717) is 6.54 Å². The van der Waals surface area contributed by atoms with Crippen molar-refractivity contribution in [2.45, 2.75) is 32.4 Å². The SMILES string of the molecule is CCc1ncc([C@](C)(O)c2ccccc2)n1Cc1ccccc1. The van der Waals surface area contributed by atoms with Gasteiger partial charge < -0.3 is 9.67 Å². The second-order valence-electron chi connectivity index (χ2n) is 5.92. The van der Waals surface area contributed by atoms with Crippen molar-refractivity contribution in [2.75, 3.05) is 0 Å². The summed E-state index contributed by atoms with van der Waals surface area (Å²) in [6, 6.07) is 20.0. The Morgan fingerprint density at radius 2 is 1.61 bits per heavy atom. The predicted octanol–water partition coefficient (Wildman–Crippen LogP) is 3.75. The number of hydrogen-bond donors (Lipinski definition) is 1. The number of aryl methyl sites for hydroxylation is 1. The molecule has 0 saturated heterocycles. The fraction of sp³-hybridized carbons (Fsp3) is 0.250. The molecule has 0 aliphatic carbocycles. The number of imidazole rings is 1. The predicted molar refractivity (Wildman–Crippen MR) is 92.3 cm³/mol. The van der Waals surface area contributed by atoms with E-state index in [9.17, 15) is 5.11 Å². The third-order valence-electron chi connectivity index (χ3n) is 4.27. The smallest absolute Gasteiger partial charge is 0.128 e. The first-order valence-electron chi connectivity index (χ1n) is 7.99. The highest BCUT2D eigenvalue weighted by atomic mass is 16.3. The molecule has 3 nitrogen and oxygen atoms in total. The quantitative estimate of drug-likeness (QED) is 0.779. The van der Waals surface area contributed by atoms with Gasteiger partial charge in [0, 0.05) is 13.0 Å². The molecule has 0 spiro atoms. The Morgan fingerprint density at radius 1 is 1.00 bits per heavy atom. The molecule has 118 valence electrons. The van der Waals surface area contributed by atoms with Crippen LogP contribution in [0.3, 0.4) is 0 Å². The number of nitrogens with zero attached hydrogens (tertiary/aromatic N) is 2. The molecule has 0 aliphatic heterocycles. The highest BCUT2D eigenvalue weighted by Gasteiger charge is 2.30. The van der Waals surface area contributed by atoms with Crippen LogP contribution in [-0.2, 0) is 18.6 Å². The van der Waals surface area contributed by atoms with E-state index < -0.39 is 5.60 Å². The molecule has 23 heavy (non-hydrogen) atoms. The van der Waals surface area contributed by atoms with E-state index in [-0.39, 0.29) is 0 Å². The van der Waals surface area contributed by atoms with E-state index >= 15 is 0 Å². The van der Waals surface area contributed by atoms with Crippen molar-refractivity contribution in [3.05, 3.63) is 89.5 Å². The van der Waals surface area contributed by atoms with Crippen molar-refractivity contribution >= 4 is 0 Å². The van der Waals surface area contributed by atoms with Gasteiger partial charge in [-0.1, -0.05) is 67.6 Å². The summed E-state index contributed by atoms with van der Waals surface area (Å²) >= 11 is 0. The molecule has 2 aromatic carbocycles. The molecular weight excluding hydrogens is 284 g/mol. The number of aliphatic hydroxyl groups is 1. The summed E-state index contributed by atoms with van der Waals surface area (Å²) in [7, 11) is 0. The topological polar surface area (TPSA) is 38.1 Å². The van der Waals surface area contributed by atoms with Crippen molar-refractivity contribution in [1.29, 1.82) is 0 Å². The second-order valence-corrected chi connectivity index (χ2v) is 5.92. The Bertz CT molecular complexity index is 761. The first-order chi connectivity index (χ1) is 11.1. The van der Waals surface area contributed by atoms with Crippen molar-refractivity contribution < 1.29 is 5.11 Å². The van der Waals surface area contributed by atoms with Crippen molar-refractivity contribution in [3.8, 4) is 0 Å². The monoisotopic (exact) mass is 306 g/mol. The van der Waals surface area contributed by atoms with Gasteiger partial charge in [0.15, 0.2) is 0 Å². The lowest BCUT2D eigenvalue weighted by atomic mass is 9.92.